The second-order valence-electron chi connectivity index (χ2n) is 4.01. The molecule has 106 valence electrons. The van der Waals surface area contributed by atoms with Crippen LogP contribution < -0.4 is 0 Å². The third kappa shape index (κ3) is 8.95. The zero-order chi connectivity index (χ0) is 14.0. The van der Waals surface area contributed by atoms with Crippen LogP contribution in [0.5, 0.6) is 0 Å². The highest BCUT2D eigenvalue weighted by atomic mass is 16.6. The zero-order valence-electron chi connectivity index (χ0n) is 11.4. The van der Waals surface area contributed by atoms with Gasteiger partial charge in [0.25, 0.3) is 0 Å². The Morgan fingerprint density at radius 2 is 1.17 bits per heavy atom. The molecule has 6 nitrogen and oxygen atoms in total. The van der Waals surface area contributed by atoms with E-state index in [1.807, 2.05) is 0 Å². The summed E-state index contributed by atoms with van der Waals surface area (Å²) >= 11 is 0. The van der Waals surface area contributed by atoms with Gasteiger partial charge in [-0.2, -0.15) is 0 Å². The normalized spacial score (nSPS) is 13.8. The molecule has 2 unspecified atom stereocenters. The molecule has 0 fully saturated rings. The number of carbonyl (C=O) groups excluding carboxylic acids is 2. The van der Waals surface area contributed by atoms with Gasteiger partial charge in [-0.15, -0.1) is 0 Å². The first-order chi connectivity index (χ1) is 8.49. The lowest BCUT2D eigenvalue weighted by Crippen LogP contribution is -2.22. The smallest absolute Gasteiger partial charge is 0.306 e. The quantitative estimate of drug-likeness (QED) is 0.575. The summed E-state index contributed by atoms with van der Waals surface area (Å²) < 4.78 is 19.6. The lowest BCUT2D eigenvalue weighted by molar-refractivity contribution is -0.157. The van der Waals surface area contributed by atoms with E-state index in [9.17, 15) is 9.59 Å². The van der Waals surface area contributed by atoms with Gasteiger partial charge in [-0.25, -0.2) is 0 Å². The van der Waals surface area contributed by atoms with E-state index in [0.29, 0.717) is 13.2 Å². The number of esters is 2. The number of rotatable bonds is 9. The number of carbonyl (C=O) groups is 2. The monoisotopic (exact) mass is 262 g/mol. The van der Waals surface area contributed by atoms with Crippen molar-refractivity contribution in [3.63, 3.8) is 0 Å². The number of hydrogen-bond donors (Lipinski definition) is 0. The zero-order valence-corrected chi connectivity index (χ0v) is 11.4. The molecule has 0 amide bonds. The van der Waals surface area contributed by atoms with Gasteiger partial charge in [0.15, 0.2) is 0 Å². The lowest BCUT2D eigenvalue weighted by Gasteiger charge is -2.13. The van der Waals surface area contributed by atoms with E-state index in [1.165, 1.54) is 14.2 Å². The molecule has 0 radical (unpaired) electrons. The van der Waals surface area contributed by atoms with Crippen molar-refractivity contribution in [2.45, 2.75) is 38.9 Å². The molecule has 0 aliphatic heterocycles. The van der Waals surface area contributed by atoms with Crippen LogP contribution in [0.3, 0.4) is 0 Å². The molecule has 0 heterocycles. The standard InChI is InChI=1S/C12H22O6/c1-9(7-15-3)17-11(13)5-6-12(14)18-10(2)8-16-4/h9-10H,5-8H2,1-4H3. The molecule has 0 aromatic rings. The summed E-state index contributed by atoms with van der Waals surface area (Å²) in [4.78, 5) is 22.7. The minimum absolute atomic E-state index is 0.00654. The Kier molecular flexibility index (Phi) is 9.22. The van der Waals surface area contributed by atoms with Gasteiger partial charge in [0.1, 0.15) is 12.2 Å². The fraction of sp³-hybridized carbons (Fsp3) is 0.833. The summed E-state index contributed by atoms with van der Waals surface area (Å²) in [5.41, 5.74) is 0. The Hall–Kier alpha value is -1.14. The van der Waals surface area contributed by atoms with Gasteiger partial charge in [0, 0.05) is 14.2 Å². The summed E-state index contributed by atoms with van der Waals surface area (Å²) in [6, 6.07) is 0. The predicted octanol–water partition coefficient (Wildman–Crippen LogP) is 0.923. The number of hydrogen-bond acceptors (Lipinski definition) is 6. The Labute approximate surface area is 108 Å². The van der Waals surface area contributed by atoms with Crippen molar-refractivity contribution in [1.29, 1.82) is 0 Å². The van der Waals surface area contributed by atoms with E-state index in [2.05, 4.69) is 0 Å². The highest BCUT2D eigenvalue weighted by molar-refractivity contribution is 5.77. The van der Waals surface area contributed by atoms with Crippen molar-refractivity contribution in [2.24, 2.45) is 0 Å². The van der Waals surface area contributed by atoms with Crippen LogP contribution in [0.25, 0.3) is 0 Å². The van der Waals surface area contributed by atoms with Gasteiger partial charge in [0.05, 0.1) is 26.1 Å². The van der Waals surface area contributed by atoms with Crippen LogP contribution >= 0.6 is 0 Å². The van der Waals surface area contributed by atoms with Crippen molar-refractivity contribution in [3.05, 3.63) is 0 Å². The van der Waals surface area contributed by atoms with Crippen LogP contribution in [0.2, 0.25) is 0 Å². The third-order valence-electron chi connectivity index (χ3n) is 2.00. The minimum atomic E-state index is -0.434. The van der Waals surface area contributed by atoms with Gasteiger partial charge in [-0.05, 0) is 13.8 Å². The van der Waals surface area contributed by atoms with E-state index < -0.39 is 11.9 Å². The molecule has 0 aliphatic carbocycles. The maximum Gasteiger partial charge on any atom is 0.306 e. The molecule has 0 aromatic carbocycles. The van der Waals surface area contributed by atoms with E-state index in [4.69, 9.17) is 18.9 Å². The number of methoxy groups -OCH3 is 2. The summed E-state index contributed by atoms with van der Waals surface area (Å²) in [7, 11) is 3.05. The summed E-state index contributed by atoms with van der Waals surface area (Å²) in [6.45, 7) is 4.11. The van der Waals surface area contributed by atoms with E-state index >= 15 is 0 Å². The van der Waals surface area contributed by atoms with Crippen molar-refractivity contribution >= 4 is 11.9 Å². The van der Waals surface area contributed by atoms with Crippen LogP contribution in [0.1, 0.15) is 26.7 Å². The summed E-state index contributed by atoms with van der Waals surface area (Å²) in [5, 5.41) is 0. The summed E-state index contributed by atoms with van der Waals surface area (Å²) in [6.07, 6.45) is -0.615. The Morgan fingerprint density at radius 1 is 0.833 bits per heavy atom. The largest absolute Gasteiger partial charge is 0.460 e. The van der Waals surface area contributed by atoms with Crippen LogP contribution in [0, 0.1) is 0 Å². The second-order valence-corrected chi connectivity index (χ2v) is 4.01. The predicted molar refractivity (Wildman–Crippen MR) is 64.1 cm³/mol. The Balaban J connectivity index is 3.74. The molecule has 0 rings (SSSR count). The molecule has 6 heteroatoms. The summed E-state index contributed by atoms with van der Waals surface area (Å²) in [5.74, 6) is -0.869. The van der Waals surface area contributed by atoms with Crippen LogP contribution in [0.4, 0.5) is 0 Å². The first-order valence-corrected chi connectivity index (χ1v) is 5.86. The Bertz CT molecular complexity index is 227. The van der Waals surface area contributed by atoms with E-state index in [1.54, 1.807) is 13.8 Å². The maximum absolute atomic E-state index is 11.3. The molecule has 0 N–H and O–H groups in total. The third-order valence-corrected chi connectivity index (χ3v) is 2.00. The van der Waals surface area contributed by atoms with Gasteiger partial charge < -0.3 is 18.9 Å². The first kappa shape index (κ1) is 16.9. The minimum Gasteiger partial charge on any atom is -0.460 e. The molecule has 18 heavy (non-hydrogen) atoms. The Morgan fingerprint density at radius 3 is 1.44 bits per heavy atom. The molecular formula is C12H22O6. The number of ether oxygens (including phenoxy) is 4. The molecule has 0 spiro atoms. The van der Waals surface area contributed by atoms with E-state index in [0.717, 1.165) is 0 Å². The average Bonchev–Trinajstić information content (AvgIpc) is 2.27. The van der Waals surface area contributed by atoms with Crippen LogP contribution in [-0.2, 0) is 28.5 Å². The van der Waals surface area contributed by atoms with E-state index in [-0.39, 0.29) is 25.0 Å². The van der Waals surface area contributed by atoms with Crippen LogP contribution in [0.15, 0.2) is 0 Å². The van der Waals surface area contributed by atoms with Crippen molar-refractivity contribution in [2.75, 3.05) is 27.4 Å². The van der Waals surface area contributed by atoms with Crippen LogP contribution in [-0.4, -0.2) is 51.6 Å². The molecule has 0 saturated carbocycles. The molecular weight excluding hydrogens is 240 g/mol. The van der Waals surface area contributed by atoms with Crippen molar-refractivity contribution in [1.82, 2.24) is 0 Å². The van der Waals surface area contributed by atoms with Gasteiger partial charge in [-0.3, -0.25) is 9.59 Å². The second kappa shape index (κ2) is 9.85. The first-order valence-electron chi connectivity index (χ1n) is 5.86. The lowest BCUT2D eigenvalue weighted by atomic mass is 10.3. The molecule has 0 saturated heterocycles. The fourth-order valence-electron chi connectivity index (χ4n) is 1.31. The SMILES string of the molecule is COCC(C)OC(=O)CCC(=O)OC(C)COC. The molecule has 0 bridgehead atoms. The average molecular weight is 262 g/mol. The molecule has 0 aliphatic rings. The molecule has 2 atom stereocenters. The fourth-order valence-corrected chi connectivity index (χ4v) is 1.31. The maximum atomic E-state index is 11.3. The van der Waals surface area contributed by atoms with Gasteiger partial charge >= 0.3 is 11.9 Å². The molecule has 0 aromatic heterocycles. The van der Waals surface area contributed by atoms with Gasteiger partial charge in [-0.1, -0.05) is 0 Å². The topological polar surface area (TPSA) is 71.1 Å². The van der Waals surface area contributed by atoms with Crippen molar-refractivity contribution in [3.8, 4) is 0 Å². The van der Waals surface area contributed by atoms with Crippen molar-refractivity contribution < 1.29 is 28.5 Å². The highest BCUT2D eigenvalue weighted by Crippen LogP contribution is 2.02. The highest BCUT2D eigenvalue weighted by Gasteiger charge is 2.14. The van der Waals surface area contributed by atoms with Gasteiger partial charge in [0.2, 0.25) is 0 Å².